The smallest absolute Gasteiger partial charge is 0.152 e. The first-order chi connectivity index (χ1) is 9.11. The zero-order chi connectivity index (χ0) is 13.8. The van der Waals surface area contributed by atoms with Crippen molar-refractivity contribution < 1.29 is 13.6 Å². The number of nitrogens with zero attached hydrogens (tertiary/aromatic N) is 1. The van der Waals surface area contributed by atoms with Crippen LogP contribution in [0.1, 0.15) is 15.9 Å². The van der Waals surface area contributed by atoms with Crippen molar-refractivity contribution in [2.75, 3.05) is 11.9 Å². The fraction of sp³-hybridized carbons (Fsp3) is 0.133. The molecule has 0 spiro atoms. The fourth-order valence-corrected chi connectivity index (χ4v) is 1.97. The molecule has 2 nitrogen and oxygen atoms in total. The lowest BCUT2D eigenvalue weighted by molar-refractivity contribution is 0.112. The van der Waals surface area contributed by atoms with Crippen molar-refractivity contribution >= 4 is 12.0 Å². The number of para-hydroxylation sites is 1. The van der Waals surface area contributed by atoms with Crippen LogP contribution in [0.15, 0.2) is 42.5 Å². The van der Waals surface area contributed by atoms with Crippen LogP contribution in [0.2, 0.25) is 0 Å². The third kappa shape index (κ3) is 2.96. The van der Waals surface area contributed by atoms with Crippen LogP contribution in [0.25, 0.3) is 0 Å². The van der Waals surface area contributed by atoms with Gasteiger partial charge in [0, 0.05) is 19.2 Å². The molecule has 0 saturated heterocycles. The van der Waals surface area contributed by atoms with Gasteiger partial charge in [-0.25, -0.2) is 8.78 Å². The molecule has 0 radical (unpaired) electrons. The minimum Gasteiger partial charge on any atom is -0.367 e. The van der Waals surface area contributed by atoms with Crippen molar-refractivity contribution in [3.8, 4) is 0 Å². The van der Waals surface area contributed by atoms with Gasteiger partial charge in [-0.3, -0.25) is 4.79 Å². The predicted octanol–water partition coefficient (Wildman–Crippen LogP) is 3.41. The molecule has 2 aromatic carbocycles. The van der Waals surface area contributed by atoms with Crippen molar-refractivity contribution in [2.45, 2.75) is 6.54 Å². The molecule has 0 heterocycles. The van der Waals surface area contributed by atoms with E-state index in [1.807, 2.05) is 0 Å². The molecule has 0 saturated carbocycles. The molecule has 0 aliphatic carbocycles. The highest BCUT2D eigenvalue weighted by atomic mass is 19.1. The van der Waals surface area contributed by atoms with Gasteiger partial charge in [-0.15, -0.1) is 0 Å². The molecular formula is C15H13F2NO. The van der Waals surface area contributed by atoms with Crippen LogP contribution in [0.4, 0.5) is 14.5 Å². The van der Waals surface area contributed by atoms with Gasteiger partial charge in [0.2, 0.25) is 0 Å². The van der Waals surface area contributed by atoms with E-state index in [-0.39, 0.29) is 11.5 Å². The quantitative estimate of drug-likeness (QED) is 0.786. The molecule has 0 aliphatic heterocycles. The molecule has 19 heavy (non-hydrogen) atoms. The molecule has 0 aromatic heterocycles. The predicted molar refractivity (Wildman–Crippen MR) is 70.3 cm³/mol. The van der Waals surface area contributed by atoms with E-state index < -0.39 is 5.82 Å². The number of halogens is 2. The van der Waals surface area contributed by atoms with Crippen molar-refractivity contribution in [1.82, 2.24) is 0 Å². The Kier molecular flexibility index (Phi) is 3.90. The number of hydrogen-bond donors (Lipinski definition) is 0. The second-order valence-corrected chi connectivity index (χ2v) is 4.28. The number of carbonyl (C=O) groups is 1. The summed E-state index contributed by atoms with van der Waals surface area (Å²) in [5.74, 6) is -0.764. The summed E-state index contributed by atoms with van der Waals surface area (Å²) in [4.78, 5) is 12.6. The summed E-state index contributed by atoms with van der Waals surface area (Å²) in [6.07, 6.45) is 0.625. The lowest BCUT2D eigenvalue weighted by Crippen LogP contribution is -2.19. The molecule has 0 amide bonds. The molecule has 0 N–H and O–H groups in total. The standard InChI is InChI=1S/C15H13F2NO/c1-18(9-11-5-7-13(16)8-6-11)15-12(10-19)3-2-4-14(15)17/h2-8,10H,9H2,1H3. The molecule has 2 aromatic rings. The topological polar surface area (TPSA) is 20.3 Å². The molecule has 0 bridgehead atoms. The van der Waals surface area contributed by atoms with Crippen LogP contribution in [0.5, 0.6) is 0 Å². The zero-order valence-electron chi connectivity index (χ0n) is 10.4. The van der Waals surface area contributed by atoms with Crippen LogP contribution in [-0.2, 0) is 6.54 Å². The van der Waals surface area contributed by atoms with Gasteiger partial charge in [0.1, 0.15) is 11.6 Å². The average Bonchev–Trinajstić information content (AvgIpc) is 2.40. The summed E-state index contributed by atoms with van der Waals surface area (Å²) in [5.41, 5.74) is 1.38. The van der Waals surface area contributed by atoms with E-state index in [2.05, 4.69) is 0 Å². The van der Waals surface area contributed by atoms with E-state index in [0.717, 1.165) is 5.56 Å². The Labute approximate surface area is 110 Å². The van der Waals surface area contributed by atoms with Crippen LogP contribution < -0.4 is 4.90 Å². The number of rotatable bonds is 4. The van der Waals surface area contributed by atoms with Crippen molar-refractivity contribution in [1.29, 1.82) is 0 Å². The lowest BCUT2D eigenvalue weighted by atomic mass is 10.1. The Morgan fingerprint density at radius 2 is 1.79 bits per heavy atom. The van der Waals surface area contributed by atoms with E-state index in [1.165, 1.54) is 24.3 Å². The van der Waals surface area contributed by atoms with Crippen LogP contribution in [0.3, 0.4) is 0 Å². The van der Waals surface area contributed by atoms with E-state index in [4.69, 9.17) is 0 Å². The number of anilines is 1. The third-order valence-corrected chi connectivity index (χ3v) is 2.86. The zero-order valence-corrected chi connectivity index (χ0v) is 10.4. The highest BCUT2D eigenvalue weighted by Crippen LogP contribution is 2.23. The molecule has 0 unspecified atom stereocenters. The van der Waals surface area contributed by atoms with Gasteiger partial charge < -0.3 is 4.90 Å². The molecule has 2 rings (SSSR count). The average molecular weight is 261 g/mol. The number of hydrogen-bond acceptors (Lipinski definition) is 2. The van der Waals surface area contributed by atoms with Gasteiger partial charge in [-0.05, 0) is 29.8 Å². The highest BCUT2D eigenvalue weighted by Gasteiger charge is 2.12. The van der Waals surface area contributed by atoms with E-state index in [1.54, 1.807) is 30.1 Å². The summed E-state index contributed by atoms with van der Waals surface area (Å²) in [6, 6.07) is 10.3. The Hall–Kier alpha value is -2.23. The van der Waals surface area contributed by atoms with E-state index in [9.17, 15) is 13.6 Å². The fourth-order valence-electron chi connectivity index (χ4n) is 1.97. The number of carbonyl (C=O) groups excluding carboxylic acids is 1. The minimum atomic E-state index is -0.450. The van der Waals surface area contributed by atoms with Crippen LogP contribution in [-0.4, -0.2) is 13.3 Å². The monoisotopic (exact) mass is 261 g/mol. The van der Waals surface area contributed by atoms with Gasteiger partial charge in [-0.1, -0.05) is 18.2 Å². The molecule has 0 aliphatic rings. The first-order valence-corrected chi connectivity index (χ1v) is 5.81. The molecular weight excluding hydrogens is 248 g/mol. The van der Waals surface area contributed by atoms with Crippen molar-refractivity contribution in [3.05, 3.63) is 65.2 Å². The molecule has 4 heteroatoms. The molecule has 98 valence electrons. The normalized spacial score (nSPS) is 10.3. The summed E-state index contributed by atoms with van der Waals surface area (Å²) in [7, 11) is 1.69. The summed E-state index contributed by atoms with van der Waals surface area (Å²) in [5, 5.41) is 0. The molecule has 0 fully saturated rings. The second kappa shape index (κ2) is 5.61. The van der Waals surface area contributed by atoms with Crippen LogP contribution >= 0.6 is 0 Å². The number of aldehydes is 1. The van der Waals surface area contributed by atoms with Gasteiger partial charge >= 0.3 is 0 Å². The number of benzene rings is 2. The van der Waals surface area contributed by atoms with Gasteiger partial charge in [-0.2, -0.15) is 0 Å². The highest BCUT2D eigenvalue weighted by molar-refractivity contribution is 5.84. The maximum Gasteiger partial charge on any atom is 0.152 e. The first kappa shape index (κ1) is 13.2. The Bertz CT molecular complexity index is 581. The SMILES string of the molecule is CN(Cc1ccc(F)cc1)c1c(F)cccc1C=O. The lowest BCUT2D eigenvalue weighted by Gasteiger charge is -2.21. The van der Waals surface area contributed by atoms with Crippen molar-refractivity contribution in [3.63, 3.8) is 0 Å². The minimum absolute atomic E-state index is 0.252. The summed E-state index contributed by atoms with van der Waals surface area (Å²) >= 11 is 0. The summed E-state index contributed by atoms with van der Waals surface area (Å²) in [6.45, 7) is 0.391. The van der Waals surface area contributed by atoms with E-state index >= 15 is 0 Å². The van der Waals surface area contributed by atoms with Crippen LogP contribution in [0, 0.1) is 11.6 Å². The second-order valence-electron chi connectivity index (χ2n) is 4.28. The van der Waals surface area contributed by atoms with Gasteiger partial charge in [0.15, 0.2) is 6.29 Å². The maximum atomic E-state index is 13.8. The Morgan fingerprint density at radius 3 is 2.42 bits per heavy atom. The molecule has 0 atom stereocenters. The van der Waals surface area contributed by atoms with Crippen molar-refractivity contribution in [2.24, 2.45) is 0 Å². The largest absolute Gasteiger partial charge is 0.367 e. The summed E-state index contributed by atoms with van der Waals surface area (Å²) < 4.78 is 26.6. The van der Waals surface area contributed by atoms with Gasteiger partial charge in [0.05, 0.1) is 5.69 Å². The Balaban J connectivity index is 2.27. The van der Waals surface area contributed by atoms with E-state index in [0.29, 0.717) is 18.4 Å². The van der Waals surface area contributed by atoms with Gasteiger partial charge in [0.25, 0.3) is 0 Å². The maximum absolute atomic E-state index is 13.8. The first-order valence-electron chi connectivity index (χ1n) is 5.81. The Morgan fingerprint density at radius 1 is 1.11 bits per heavy atom. The third-order valence-electron chi connectivity index (χ3n) is 2.86.